The monoisotopic (exact) mass is 494 g/mol. The quantitative estimate of drug-likeness (QED) is 0.406. The number of rotatable bonds is 11. The molecule has 0 fully saturated rings. The second-order valence-electron chi connectivity index (χ2n) is 8.55. The molecular weight excluding hydrogens is 464 g/mol. The summed E-state index contributed by atoms with van der Waals surface area (Å²) >= 11 is 0. The lowest BCUT2D eigenvalue weighted by molar-refractivity contribution is -0.137. The summed E-state index contributed by atoms with van der Waals surface area (Å²) < 4.78 is 10.7. The maximum Gasteiger partial charge on any atom is 0.315 e. The highest BCUT2D eigenvalue weighted by atomic mass is 16.7. The van der Waals surface area contributed by atoms with Gasteiger partial charge in [0.25, 0.3) is 0 Å². The number of fused-ring (bicyclic) bond motifs is 1. The fourth-order valence-electron chi connectivity index (χ4n) is 3.87. The highest BCUT2D eigenvalue weighted by Crippen LogP contribution is 2.34. The first-order valence-corrected chi connectivity index (χ1v) is 11.7. The van der Waals surface area contributed by atoms with Gasteiger partial charge in [0, 0.05) is 13.6 Å². The van der Waals surface area contributed by atoms with Gasteiger partial charge in [-0.25, -0.2) is 9.64 Å². The molecule has 1 aliphatic rings. The molecule has 1 aliphatic heterocycles. The van der Waals surface area contributed by atoms with E-state index in [4.69, 9.17) is 16.0 Å². The molecule has 36 heavy (non-hydrogen) atoms. The van der Waals surface area contributed by atoms with Gasteiger partial charge >= 0.3 is 12.0 Å². The van der Waals surface area contributed by atoms with E-state index in [1.807, 2.05) is 6.92 Å². The molecule has 3 rings (SSSR count). The van der Waals surface area contributed by atoms with Crippen molar-refractivity contribution in [2.45, 2.75) is 51.2 Å². The summed E-state index contributed by atoms with van der Waals surface area (Å²) in [5.74, 6) is -0.312. The number of hydrogen-bond acceptors (Lipinski definition) is 5. The van der Waals surface area contributed by atoms with E-state index in [9.17, 15) is 19.5 Å². The molecule has 0 aromatic heterocycles. The van der Waals surface area contributed by atoms with Crippen molar-refractivity contribution in [1.29, 1.82) is 0 Å². The van der Waals surface area contributed by atoms with E-state index in [0.717, 1.165) is 18.4 Å². The van der Waals surface area contributed by atoms with E-state index in [1.54, 1.807) is 49.5 Å². The summed E-state index contributed by atoms with van der Waals surface area (Å²) in [4.78, 5) is 42.4. The second kappa shape index (κ2) is 12.4. The van der Waals surface area contributed by atoms with E-state index < -0.39 is 24.1 Å². The number of likely N-dealkylation sites (N-methyl/N-ethyl adjacent to an activating group) is 1. The lowest BCUT2D eigenvalue weighted by Gasteiger charge is -2.26. The van der Waals surface area contributed by atoms with Gasteiger partial charge in [-0.3, -0.25) is 9.59 Å². The first-order valence-electron chi connectivity index (χ1n) is 11.7. The molecule has 3 N–H and O–H groups in total. The zero-order valence-corrected chi connectivity index (χ0v) is 20.3. The number of urea groups is 1. The van der Waals surface area contributed by atoms with Gasteiger partial charge in [0.2, 0.25) is 12.7 Å². The van der Waals surface area contributed by atoms with Gasteiger partial charge in [-0.05, 0) is 29.7 Å². The maximum atomic E-state index is 13.2. The van der Waals surface area contributed by atoms with Crippen LogP contribution in [0.3, 0.4) is 0 Å². The van der Waals surface area contributed by atoms with Crippen molar-refractivity contribution in [3.05, 3.63) is 65.0 Å². The van der Waals surface area contributed by atoms with Crippen LogP contribution in [-0.2, 0) is 16.1 Å². The Balaban J connectivity index is 1.68. The van der Waals surface area contributed by atoms with E-state index in [-0.39, 0.29) is 19.1 Å². The molecule has 190 valence electrons. The molecule has 0 spiro atoms. The van der Waals surface area contributed by atoms with Crippen LogP contribution in [-0.4, -0.2) is 47.8 Å². The Labute approximate surface area is 210 Å². The Bertz CT molecular complexity index is 1130. The van der Waals surface area contributed by atoms with Crippen LogP contribution in [0.25, 0.3) is 4.85 Å². The number of aliphatic carboxylic acids is 1. The van der Waals surface area contributed by atoms with Gasteiger partial charge in [0.1, 0.15) is 6.04 Å². The molecule has 0 saturated carbocycles. The van der Waals surface area contributed by atoms with Crippen LogP contribution in [0.2, 0.25) is 0 Å². The number of benzene rings is 2. The van der Waals surface area contributed by atoms with Gasteiger partial charge in [-0.15, -0.1) is 0 Å². The summed E-state index contributed by atoms with van der Waals surface area (Å²) in [5.41, 5.74) is 1.93. The first kappa shape index (κ1) is 26.3. The largest absolute Gasteiger partial charge is 0.481 e. The SMILES string of the molecule is [C-]#[N+]c1ccc(CN(C)C(=O)[C@H](CCCC)NC(=O)N[C@@H](CC(=O)O)c2ccc3c(c2)OCO3)cc1. The van der Waals surface area contributed by atoms with E-state index >= 15 is 0 Å². The Kier molecular flexibility index (Phi) is 9.11. The Morgan fingerprint density at radius 1 is 1.11 bits per heavy atom. The Morgan fingerprint density at radius 3 is 2.50 bits per heavy atom. The predicted octanol–water partition coefficient (Wildman–Crippen LogP) is 4.00. The molecule has 0 bridgehead atoms. The van der Waals surface area contributed by atoms with Crippen LogP contribution >= 0.6 is 0 Å². The number of ether oxygens (including phenoxy) is 2. The average molecular weight is 495 g/mol. The zero-order valence-electron chi connectivity index (χ0n) is 20.3. The predicted molar refractivity (Wildman–Crippen MR) is 132 cm³/mol. The number of unbranched alkanes of at least 4 members (excludes halogenated alkanes) is 1. The van der Waals surface area contributed by atoms with E-state index in [2.05, 4.69) is 15.5 Å². The Morgan fingerprint density at radius 2 is 1.83 bits per heavy atom. The number of carbonyl (C=O) groups excluding carboxylic acids is 2. The minimum atomic E-state index is -1.08. The van der Waals surface area contributed by atoms with Crippen LogP contribution in [0, 0.1) is 6.57 Å². The van der Waals surface area contributed by atoms with Crippen molar-refractivity contribution in [1.82, 2.24) is 15.5 Å². The zero-order chi connectivity index (χ0) is 26.1. The lowest BCUT2D eigenvalue weighted by atomic mass is 10.0. The third-order valence-electron chi connectivity index (χ3n) is 5.79. The molecular formula is C26H30N4O6. The van der Waals surface area contributed by atoms with Gasteiger partial charge in [-0.2, -0.15) is 0 Å². The minimum absolute atomic E-state index is 0.0781. The summed E-state index contributed by atoms with van der Waals surface area (Å²) in [5, 5.41) is 14.8. The fraction of sp³-hybridized carbons (Fsp3) is 0.385. The van der Waals surface area contributed by atoms with Crippen molar-refractivity contribution in [2.24, 2.45) is 0 Å². The van der Waals surface area contributed by atoms with Gasteiger partial charge in [-0.1, -0.05) is 50.1 Å². The highest BCUT2D eigenvalue weighted by Gasteiger charge is 2.26. The van der Waals surface area contributed by atoms with Crippen LogP contribution in [0.5, 0.6) is 11.5 Å². The topological polar surface area (TPSA) is 122 Å². The number of nitrogens with zero attached hydrogens (tertiary/aromatic N) is 2. The molecule has 0 unspecified atom stereocenters. The second-order valence-corrected chi connectivity index (χ2v) is 8.55. The van der Waals surface area contributed by atoms with Crippen LogP contribution in [0.1, 0.15) is 49.8 Å². The highest BCUT2D eigenvalue weighted by molar-refractivity contribution is 5.87. The maximum absolute atomic E-state index is 13.2. The van der Waals surface area contributed by atoms with Crippen LogP contribution in [0.15, 0.2) is 42.5 Å². The number of nitrogens with one attached hydrogen (secondary N) is 2. The molecule has 0 saturated heterocycles. The molecule has 1 heterocycles. The molecule has 2 atom stereocenters. The molecule has 2 aromatic rings. The standard InChI is InChI=1S/C26H30N4O6/c1-4-5-6-20(25(33)30(3)15-17-7-10-19(27-2)11-8-17)28-26(34)29-21(14-24(31)32)18-9-12-22-23(13-18)36-16-35-22/h7-13,20-21H,4-6,14-16H2,1,3H3,(H,31,32)(H2,28,29,34)/t20-,21-/m0/s1. The molecule has 10 nitrogen and oxygen atoms in total. The number of amides is 3. The third-order valence-corrected chi connectivity index (χ3v) is 5.79. The van der Waals surface area contributed by atoms with Crippen molar-refractivity contribution in [3.8, 4) is 11.5 Å². The Hall–Kier alpha value is -4.26. The number of hydrogen-bond donors (Lipinski definition) is 3. The number of carboxylic acid groups (broad SMARTS) is 1. The van der Waals surface area contributed by atoms with Crippen LogP contribution < -0.4 is 20.1 Å². The summed E-state index contributed by atoms with van der Waals surface area (Å²) in [6.45, 7) is 9.45. The minimum Gasteiger partial charge on any atom is -0.481 e. The normalized spacial score (nSPS) is 13.2. The lowest BCUT2D eigenvalue weighted by Crippen LogP contribution is -2.51. The van der Waals surface area contributed by atoms with Gasteiger partial charge in [0.15, 0.2) is 17.2 Å². The van der Waals surface area contributed by atoms with E-state index in [0.29, 0.717) is 35.7 Å². The van der Waals surface area contributed by atoms with Crippen molar-refractivity contribution in [2.75, 3.05) is 13.8 Å². The fourth-order valence-corrected chi connectivity index (χ4v) is 3.87. The summed E-state index contributed by atoms with van der Waals surface area (Å²) in [6.07, 6.45) is 1.66. The van der Waals surface area contributed by atoms with E-state index in [1.165, 1.54) is 4.90 Å². The average Bonchev–Trinajstić information content (AvgIpc) is 3.34. The van der Waals surface area contributed by atoms with Crippen LogP contribution in [0.4, 0.5) is 10.5 Å². The molecule has 10 heteroatoms. The molecule has 2 aromatic carbocycles. The van der Waals surface area contributed by atoms with Gasteiger partial charge < -0.3 is 30.1 Å². The first-order chi connectivity index (χ1) is 17.3. The third kappa shape index (κ3) is 7.12. The van der Waals surface area contributed by atoms with Gasteiger partial charge in [0.05, 0.1) is 19.0 Å². The van der Waals surface area contributed by atoms with Crippen molar-refractivity contribution >= 4 is 23.6 Å². The number of carboxylic acids is 1. The summed E-state index contributed by atoms with van der Waals surface area (Å²) in [6, 6.07) is 9.70. The molecule has 3 amide bonds. The number of carbonyl (C=O) groups is 3. The molecule has 0 radical (unpaired) electrons. The smallest absolute Gasteiger partial charge is 0.315 e. The molecule has 0 aliphatic carbocycles. The summed E-state index contributed by atoms with van der Waals surface area (Å²) in [7, 11) is 1.66. The van der Waals surface area contributed by atoms with Crippen molar-refractivity contribution in [3.63, 3.8) is 0 Å². The van der Waals surface area contributed by atoms with Crippen molar-refractivity contribution < 1.29 is 29.0 Å².